The maximum atomic E-state index is 11.2. The van der Waals surface area contributed by atoms with Crippen LogP contribution >= 0.6 is 15.9 Å². The van der Waals surface area contributed by atoms with Crippen molar-refractivity contribution in [3.05, 3.63) is 10.2 Å². The van der Waals surface area contributed by atoms with E-state index in [1.54, 1.807) is 13.8 Å². The molecule has 0 aromatic rings. The van der Waals surface area contributed by atoms with Crippen molar-refractivity contribution in [3.8, 4) is 0 Å². The topological polar surface area (TPSA) is 55.4 Å². The van der Waals surface area contributed by atoms with Crippen LogP contribution in [-0.4, -0.2) is 18.5 Å². The molecule has 5 heteroatoms. The highest BCUT2D eigenvalue weighted by atomic mass is 79.9. The van der Waals surface area contributed by atoms with E-state index < -0.39 is 5.97 Å². The number of nitrogens with one attached hydrogen (secondary N) is 1. The van der Waals surface area contributed by atoms with E-state index in [2.05, 4.69) is 21.2 Å². The lowest BCUT2D eigenvalue weighted by Crippen LogP contribution is -2.27. The van der Waals surface area contributed by atoms with Crippen molar-refractivity contribution in [2.45, 2.75) is 20.8 Å². The molecule has 0 aliphatic rings. The third kappa shape index (κ3) is 4.67. The Kier molecular flexibility index (Phi) is 5.37. The van der Waals surface area contributed by atoms with Gasteiger partial charge in [0, 0.05) is 11.4 Å². The highest BCUT2D eigenvalue weighted by molar-refractivity contribution is 9.11. The number of ether oxygens (including phenoxy) is 1. The Morgan fingerprint density at radius 3 is 2.23 bits per heavy atom. The number of carbonyl (C=O) groups is 2. The summed E-state index contributed by atoms with van der Waals surface area (Å²) in [6, 6.07) is 0. The van der Waals surface area contributed by atoms with Gasteiger partial charge in [-0.15, -0.1) is 0 Å². The van der Waals surface area contributed by atoms with Crippen molar-refractivity contribution in [1.82, 2.24) is 5.32 Å². The molecular formula is C8H12BrNO3. The van der Waals surface area contributed by atoms with Crippen LogP contribution in [0.15, 0.2) is 10.2 Å². The minimum absolute atomic E-state index is 0.148. The van der Waals surface area contributed by atoms with Crippen LogP contribution in [0.25, 0.3) is 0 Å². The SMILES string of the molecule is CCOC(=O)/C(NC(C)=O)=C(\C)Br. The van der Waals surface area contributed by atoms with Crippen LogP contribution in [-0.2, 0) is 14.3 Å². The maximum Gasteiger partial charge on any atom is 0.355 e. The summed E-state index contributed by atoms with van der Waals surface area (Å²) >= 11 is 3.10. The van der Waals surface area contributed by atoms with Crippen molar-refractivity contribution in [2.24, 2.45) is 0 Å². The third-order valence-electron chi connectivity index (χ3n) is 1.13. The van der Waals surface area contributed by atoms with E-state index in [1.165, 1.54) is 6.92 Å². The quantitative estimate of drug-likeness (QED) is 0.607. The summed E-state index contributed by atoms with van der Waals surface area (Å²) < 4.78 is 5.27. The Morgan fingerprint density at radius 1 is 1.38 bits per heavy atom. The number of rotatable bonds is 3. The zero-order valence-electron chi connectivity index (χ0n) is 7.81. The van der Waals surface area contributed by atoms with Crippen LogP contribution in [0.5, 0.6) is 0 Å². The second-order valence-corrected chi connectivity index (χ2v) is 3.50. The predicted molar refractivity (Wildman–Crippen MR) is 52.1 cm³/mol. The van der Waals surface area contributed by atoms with Crippen LogP contribution in [0.4, 0.5) is 0 Å². The molecule has 0 aliphatic heterocycles. The summed E-state index contributed by atoms with van der Waals surface area (Å²) in [4.78, 5) is 21.9. The Hall–Kier alpha value is -0.840. The normalized spacial score (nSPS) is 11.7. The molecule has 13 heavy (non-hydrogen) atoms. The first-order valence-electron chi connectivity index (χ1n) is 3.80. The molecule has 0 bridgehead atoms. The highest BCUT2D eigenvalue weighted by Crippen LogP contribution is 2.09. The molecule has 0 spiro atoms. The molecule has 0 heterocycles. The molecule has 0 aromatic carbocycles. The van der Waals surface area contributed by atoms with Crippen molar-refractivity contribution in [3.63, 3.8) is 0 Å². The van der Waals surface area contributed by atoms with E-state index in [-0.39, 0.29) is 18.2 Å². The molecule has 0 unspecified atom stereocenters. The molecule has 1 amide bonds. The lowest BCUT2D eigenvalue weighted by molar-refractivity contribution is -0.140. The van der Waals surface area contributed by atoms with E-state index in [9.17, 15) is 9.59 Å². The minimum atomic E-state index is -0.535. The van der Waals surface area contributed by atoms with E-state index in [1.807, 2.05) is 0 Å². The van der Waals surface area contributed by atoms with Gasteiger partial charge in [-0.3, -0.25) is 4.79 Å². The van der Waals surface area contributed by atoms with Gasteiger partial charge in [0.25, 0.3) is 0 Å². The summed E-state index contributed by atoms with van der Waals surface area (Å²) in [5, 5.41) is 2.38. The number of carbonyl (C=O) groups excluding carboxylic acids is 2. The molecule has 0 atom stereocenters. The lowest BCUT2D eigenvalue weighted by Gasteiger charge is -2.07. The van der Waals surface area contributed by atoms with Crippen LogP contribution in [0.1, 0.15) is 20.8 Å². The molecule has 0 aliphatic carbocycles. The van der Waals surface area contributed by atoms with Gasteiger partial charge in [-0.1, -0.05) is 15.9 Å². The molecule has 1 N–H and O–H groups in total. The molecule has 0 fully saturated rings. The molecule has 0 saturated carbocycles. The second-order valence-electron chi connectivity index (χ2n) is 2.31. The molecule has 4 nitrogen and oxygen atoms in total. The Labute approximate surface area is 85.5 Å². The van der Waals surface area contributed by atoms with Crippen molar-refractivity contribution in [1.29, 1.82) is 0 Å². The summed E-state index contributed by atoms with van der Waals surface area (Å²) in [6.45, 7) is 4.96. The van der Waals surface area contributed by atoms with Gasteiger partial charge in [-0.2, -0.15) is 0 Å². The van der Waals surface area contributed by atoms with Crippen LogP contribution in [0.3, 0.4) is 0 Å². The first-order chi connectivity index (χ1) is 5.99. The molecule has 74 valence electrons. The number of amides is 1. The van der Waals surface area contributed by atoms with Crippen molar-refractivity contribution < 1.29 is 14.3 Å². The monoisotopic (exact) mass is 249 g/mol. The number of allylic oxidation sites excluding steroid dienone is 1. The average molecular weight is 250 g/mol. The van der Waals surface area contributed by atoms with E-state index >= 15 is 0 Å². The predicted octanol–water partition coefficient (Wildman–Crippen LogP) is 1.31. The van der Waals surface area contributed by atoms with E-state index in [0.29, 0.717) is 4.48 Å². The molecule has 0 saturated heterocycles. The Balaban J connectivity index is 4.54. The largest absolute Gasteiger partial charge is 0.461 e. The summed E-state index contributed by atoms with van der Waals surface area (Å²) in [5.41, 5.74) is 0.148. The first kappa shape index (κ1) is 12.2. The van der Waals surface area contributed by atoms with E-state index in [0.717, 1.165) is 0 Å². The Morgan fingerprint density at radius 2 is 1.92 bits per heavy atom. The number of hydrogen-bond acceptors (Lipinski definition) is 3. The smallest absolute Gasteiger partial charge is 0.355 e. The van der Waals surface area contributed by atoms with Gasteiger partial charge >= 0.3 is 5.97 Å². The van der Waals surface area contributed by atoms with Crippen LogP contribution in [0, 0.1) is 0 Å². The summed E-state index contributed by atoms with van der Waals surface area (Å²) in [7, 11) is 0. The van der Waals surface area contributed by atoms with E-state index in [4.69, 9.17) is 4.74 Å². The van der Waals surface area contributed by atoms with Crippen molar-refractivity contribution in [2.75, 3.05) is 6.61 Å². The summed E-state index contributed by atoms with van der Waals surface area (Å²) in [6.07, 6.45) is 0. The molecule has 0 radical (unpaired) electrons. The van der Waals surface area contributed by atoms with Gasteiger partial charge in [0.2, 0.25) is 5.91 Å². The highest BCUT2D eigenvalue weighted by Gasteiger charge is 2.13. The van der Waals surface area contributed by atoms with Crippen molar-refractivity contribution >= 4 is 27.8 Å². The number of hydrogen-bond donors (Lipinski definition) is 1. The average Bonchev–Trinajstić information content (AvgIpc) is 1.99. The molecular weight excluding hydrogens is 238 g/mol. The standard InChI is InChI=1S/C8H12BrNO3/c1-4-13-8(12)7(5(2)9)10-6(3)11/h4H2,1-3H3,(H,10,11)/b7-5-. The van der Waals surface area contributed by atoms with Crippen LogP contribution in [0.2, 0.25) is 0 Å². The third-order valence-corrected chi connectivity index (χ3v) is 1.52. The zero-order chi connectivity index (χ0) is 10.4. The van der Waals surface area contributed by atoms with Gasteiger partial charge in [0.1, 0.15) is 5.70 Å². The molecule has 0 aromatic heterocycles. The molecule has 0 rings (SSSR count). The first-order valence-corrected chi connectivity index (χ1v) is 4.59. The zero-order valence-corrected chi connectivity index (χ0v) is 9.40. The number of esters is 1. The fourth-order valence-corrected chi connectivity index (χ4v) is 0.918. The van der Waals surface area contributed by atoms with Gasteiger partial charge < -0.3 is 10.1 Å². The van der Waals surface area contributed by atoms with Gasteiger partial charge in [-0.25, -0.2) is 4.79 Å². The maximum absolute atomic E-state index is 11.2. The van der Waals surface area contributed by atoms with Gasteiger partial charge in [0.05, 0.1) is 6.61 Å². The fraction of sp³-hybridized carbons (Fsp3) is 0.500. The van der Waals surface area contributed by atoms with Gasteiger partial charge in [-0.05, 0) is 13.8 Å². The second kappa shape index (κ2) is 5.75. The van der Waals surface area contributed by atoms with Crippen LogP contribution < -0.4 is 5.32 Å². The minimum Gasteiger partial charge on any atom is -0.461 e. The lowest BCUT2D eigenvalue weighted by atomic mass is 10.4. The fourth-order valence-electron chi connectivity index (χ4n) is 0.657. The summed E-state index contributed by atoms with van der Waals surface area (Å²) in [5.74, 6) is -0.839. The van der Waals surface area contributed by atoms with Gasteiger partial charge in [0.15, 0.2) is 0 Å². The number of halogens is 1. The Bertz CT molecular complexity index is 244.